The van der Waals surface area contributed by atoms with Crippen molar-refractivity contribution in [2.75, 3.05) is 26.0 Å². The fourth-order valence-electron chi connectivity index (χ4n) is 2.19. The van der Waals surface area contributed by atoms with Gasteiger partial charge in [-0.25, -0.2) is 0 Å². The number of nitrogens with one attached hydrogen (secondary N) is 1. The van der Waals surface area contributed by atoms with E-state index in [-0.39, 0.29) is 11.7 Å². The second-order valence-corrected chi connectivity index (χ2v) is 5.07. The van der Waals surface area contributed by atoms with Gasteiger partial charge < -0.3 is 10.2 Å². The monoisotopic (exact) mass is 285 g/mol. The lowest BCUT2D eigenvalue weighted by Crippen LogP contribution is -2.26. The Morgan fingerprint density at radius 1 is 1.10 bits per heavy atom. The first kappa shape index (κ1) is 15.0. The number of non-ortho nitro benzene ring substituents is 1. The minimum absolute atomic E-state index is 0.104. The molecule has 0 radical (unpaired) electrons. The molecule has 2 aromatic carbocycles. The van der Waals surface area contributed by atoms with E-state index in [1.807, 2.05) is 32.3 Å². The third kappa shape index (κ3) is 4.03. The maximum absolute atomic E-state index is 10.6. The van der Waals surface area contributed by atoms with Crippen molar-refractivity contribution in [2.24, 2.45) is 0 Å². The van der Waals surface area contributed by atoms with Crippen LogP contribution in [0.25, 0.3) is 0 Å². The van der Waals surface area contributed by atoms with Crippen LogP contribution in [0.2, 0.25) is 0 Å². The van der Waals surface area contributed by atoms with Gasteiger partial charge in [-0.3, -0.25) is 10.1 Å². The zero-order valence-electron chi connectivity index (χ0n) is 12.2. The summed E-state index contributed by atoms with van der Waals surface area (Å²) in [6.45, 7) is 0.731. The van der Waals surface area contributed by atoms with Gasteiger partial charge in [0.1, 0.15) is 0 Å². The molecule has 0 aliphatic carbocycles. The molecule has 2 rings (SSSR count). The number of likely N-dealkylation sites (N-methyl/N-ethyl adjacent to an activating group) is 1. The molecule has 1 atom stereocenters. The van der Waals surface area contributed by atoms with Gasteiger partial charge in [-0.2, -0.15) is 0 Å². The maximum Gasteiger partial charge on any atom is 0.269 e. The van der Waals surface area contributed by atoms with Crippen molar-refractivity contribution in [1.29, 1.82) is 0 Å². The Kier molecular flexibility index (Phi) is 4.90. The van der Waals surface area contributed by atoms with Crippen LogP contribution in [-0.2, 0) is 0 Å². The van der Waals surface area contributed by atoms with Crippen LogP contribution in [0.3, 0.4) is 0 Å². The van der Waals surface area contributed by atoms with Gasteiger partial charge in [-0.05, 0) is 31.8 Å². The molecule has 0 heterocycles. The second kappa shape index (κ2) is 6.85. The maximum atomic E-state index is 10.6. The van der Waals surface area contributed by atoms with Crippen LogP contribution in [0.5, 0.6) is 0 Å². The fraction of sp³-hybridized carbons (Fsp3) is 0.250. The smallest absolute Gasteiger partial charge is 0.269 e. The molecule has 21 heavy (non-hydrogen) atoms. The summed E-state index contributed by atoms with van der Waals surface area (Å²) in [4.78, 5) is 12.4. The Balaban J connectivity index is 2.04. The third-order valence-electron chi connectivity index (χ3n) is 3.39. The molecule has 0 spiro atoms. The minimum atomic E-state index is -0.392. The SMILES string of the molecule is CN(C)C(CNc1ccc([N+](=O)[O-])cc1)c1ccccc1. The topological polar surface area (TPSA) is 58.4 Å². The third-order valence-corrected chi connectivity index (χ3v) is 3.39. The summed E-state index contributed by atoms with van der Waals surface area (Å²) in [5, 5.41) is 14.0. The molecule has 0 saturated carbocycles. The van der Waals surface area contributed by atoms with Crippen LogP contribution in [-0.4, -0.2) is 30.5 Å². The second-order valence-electron chi connectivity index (χ2n) is 5.07. The molecule has 0 bridgehead atoms. The Labute approximate surface area is 124 Å². The van der Waals surface area contributed by atoms with Gasteiger partial charge >= 0.3 is 0 Å². The van der Waals surface area contributed by atoms with E-state index < -0.39 is 4.92 Å². The Bertz CT molecular complexity index is 582. The van der Waals surface area contributed by atoms with Crippen LogP contribution < -0.4 is 5.32 Å². The van der Waals surface area contributed by atoms with E-state index in [4.69, 9.17) is 0 Å². The zero-order valence-corrected chi connectivity index (χ0v) is 12.2. The average Bonchev–Trinajstić information content (AvgIpc) is 2.48. The first-order chi connectivity index (χ1) is 10.1. The first-order valence-electron chi connectivity index (χ1n) is 6.77. The van der Waals surface area contributed by atoms with Gasteiger partial charge in [-0.15, -0.1) is 0 Å². The Hall–Kier alpha value is -2.40. The summed E-state index contributed by atoms with van der Waals surface area (Å²) in [7, 11) is 4.07. The summed E-state index contributed by atoms with van der Waals surface area (Å²) in [6.07, 6.45) is 0. The van der Waals surface area contributed by atoms with Crippen LogP contribution in [0.4, 0.5) is 11.4 Å². The zero-order chi connectivity index (χ0) is 15.2. The number of nitro groups is 1. The largest absolute Gasteiger partial charge is 0.383 e. The number of rotatable bonds is 6. The van der Waals surface area contributed by atoms with Crippen LogP contribution in [0.15, 0.2) is 54.6 Å². The lowest BCUT2D eigenvalue weighted by atomic mass is 10.1. The van der Waals surface area contributed by atoms with E-state index in [9.17, 15) is 10.1 Å². The van der Waals surface area contributed by atoms with Crippen molar-refractivity contribution in [1.82, 2.24) is 4.90 Å². The molecule has 0 aromatic heterocycles. The molecule has 0 amide bonds. The fourth-order valence-corrected chi connectivity index (χ4v) is 2.19. The Morgan fingerprint density at radius 3 is 2.24 bits per heavy atom. The normalized spacial score (nSPS) is 12.1. The van der Waals surface area contributed by atoms with E-state index in [0.717, 1.165) is 12.2 Å². The molecule has 0 fully saturated rings. The highest BCUT2D eigenvalue weighted by atomic mass is 16.6. The molecule has 110 valence electrons. The van der Waals surface area contributed by atoms with Crippen LogP contribution in [0.1, 0.15) is 11.6 Å². The number of nitro benzene ring substituents is 1. The van der Waals surface area contributed by atoms with Gasteiger partial charge in [0, 0.05) is 24.4 Å². The molecular formula is C16H19N3O2. The number of anilines is 1. The number of hydrogen-bond acceptors (Lipinski definition) is 4. The molecule has 5 heteroatoms. The van der Waals surface area contributed by atoms with Gasteiger partial charge in [-0.1, -0.05) is 30.3 Å². The van der Waals surface area contributed by atoms with E-state index in [1.54, 1.807) is 12.1 Å². The van der Waals surface area contributed by atoms with Gasteiger partial charge in [0.2, 0.25) is 0 Å². The predicted molar refractivity (Wildman–Crippen MR) is 84.5 cm³/mol. The molecule has 0 saturated heterocycles. The van der Waals surface area contributed by atoms with E-state index >= 15 is 0 Å². The molecule has 0 aliphatic heterocycles. The predicted octanol–water partition coefficient (Wildman–Crippen LogP) is 3.31. The number of hydrogen-bond donors (Lipinski definition) is 1. The van der Waals surface area contributed by atoms with E-state index in [2.05, 4.69) is 22.3 Å². The molecule has 0 aliphatic rings. The van der Waals surface area contributed by atoms with Crippen molar-refractivity contribution in [3.63, 3.8) is 0 Å². The van der Waals surface area contributed by atoms with E-state index in [0.29, 0.717) is 0 Å². The minimum Gasteiger partial charge on any atom is -0.383 e. The van der Waals surface area contributed by atoms with Gasteiger partial charge in [0.05, 0.1) is 11.0 Å². The number of benzene rings is 2. The van der Waals surface area contributed by atoms with Crippen molar-refractivity contribution in [2.45, 2.75) is 6.04 Å². The lowest BCUT2D eigenvalue weighted by Gasteiger charge is -2.25. The summed E-state index contributed by atoms with van der Waals surface area (Å²) < 4.78 is 0. The van der Waals surface area contributed by atoms with Crippen molar-refractivity contribution in [3.8, 4) is 0 Å². The molecular weight excluding hydrogens is 266 g/mol. The summed E-state index contributed by atoms with van der Waals surface area (Å²) in [5.41, 5.74) is 2.22. The summed E-state index contributed by atoms with van der Waals surface area (Å²) >= 11 is 0. The van der Waals surface area contributed by atoms with Gasteiger partial charge in [0.15, 0.2) is 0 Å². The average molecular weight is 285 g/mol. The quantitative estimate of drug-likeness (QED) is 0.653. The molecule has 5 nitrogen and oxygen atoms in total. The first-order valence-corrected chi connectivity index (χ1v) is 6.77. The highest BCUT2D eigenvalue weighted by Gasteiger charge is 2.13. The standard InChI is InChI=1S/C16H19N3O2/c1-18(2)16(13-6-4-3-5-7-13)12-17-14-8-10-15(11-9-14)19(20)21/h3-11,16-17H,12H2,1-2H3. The van der Waals surface area contributed by atoms with Crippen molar-refractivity contribution in [3.05, 3.63) is 70.3 Å². The van der Waals surface area contributed by atoms with Crippen LogP contribution >= 0.6 is 0 Å². The van der Waals surface area contributed by atoms with Gasteiger partial charge in [0.25, 0.3) is 5.69 Å². The molecule has 1 unspecified atom stereocenters. The summed E-state index contributed by atoms with van der Waals surface area (Å²) in [5.74, 6) is 0. The highest BCUT2D eigenvalue weighted by molar-refractivity contribution is 5.48. The molecule has 1 N–H and O–H groups in total. The van der Waals surface area contributed by atoms with Crippen molar-refractivity contribution >= 4 is 11.4 Å². The Morgan fingerprint density at radius 2 is 1.71 bits per heavy atom. The lowest BCUT2D eigenvalue weighted by molar-refractivity contribution is -0.384. The van der Waals surface area contributed by atoms with Crippen LogP contribution in [0, 0.1) is 10.1 Å². The highest BCUT2D eigenvalue weighted by Crippen LogP contribution is 2.20. The number of nitrogens with zero attached hydrogens (tertiary/aromatic N) is 2. The van der Waals surface area contributed by atoms with Crippen molar-refractivity contribution < 1.29 is 4.92 Å². The molecule has 2 aromatic rings. The summed E-state index contributed by atoms with van der Waals surface area (Å²) in [6, 6.07) is 17.0. The van der Waals surface area contributed by atoms with E-state index in [1.165, 1.54) is 17.7 Å².